The van der Waals surface area contributed by atoms with E-state index in [2.05, 4.69) is 10.1 Å². The first-order chi connectivity index (χ1) is 12.1. The molecule has 0 aromatic heterocycles. The average Bonchev–Trinajstić information content (AvgIpc) is 2.51. The summed E-state index contributed by atoms with van der Waals surface area (Å²) in [5.74, 6) is -2.50. The summed E-state index contributed by atoms with van der Waals surface area (Å²) in [7, 11) is 1.23. The molecule has 1 N–H and O–H groups in total. The third kappa shape index (κ3) is 6.71. The highest BCUT2D eigenvalue weighted by atomic mass is 16.6. The van der Waals surface area contributed by atoms with Crippen LogP contribution >= 0.6 is 0 Å². The van der Waals surface area contributed by atoms with E-state index >= 15 is 0 Å². The number of esters is 4. The second-order valence-corrected chi connectivity index (χ2v) is 5.54. The molecular weight excluding hydrogens is 350 g/mol. The van der Waals surface area contributed by atoms with Gasteiger partial charge in [0.15, 0.2) is 24.5 Å². The van der Waals surface area contributed by atoms with Gasteiger partial charge in [-0.15, -0.1) is 0 Å². The molecule has 1 aliphatic heterocycles. The van der Waals surface area contributed by atoms with Gasteiger partial charge in [0.1, 0.15) is 0 Å². The molecule has 10 heteroatoms. The van der Waals surface area contributed by atoms with Crippen molar-refractivity contribution >= 4 is 23.9 Å². The number of allylic oxidation sites excluding steroid dienone is 1. The van der Waals surface area contributed by atoms with Crippen LogP contribution in [0, 0.1) is 0 Å². The number of methoxy groups -OCH3 is 1. The van der Waals surface area contributed by atoms with Crippen LogP contribution in [0.1, 0.15) is 27.7 Å². The van der Waals surface area contributed by atoms with Crippen LogP contribution in [0.2, 0.25) is 0 Å². The molecule has 1 fully saturated rings. The fraction of sp³-hybridized carbons (Fsp3) is 0.625. The summed E-state index contributed by atoms with van der Waals surface area (Å²) >= 11 is 0. The molecule has 0 bridgehead atoms. The average molecular weight is 373 g/mol. The van der Waals surface area contributed by atoms with E-state index in [0.29, 0.717) is 5.70 Å². The quantitative estimate of drug-likeness (QED) is 0.380. The zero-order chi connectivity index (χ0) is 19.9. The van der Waals surface area contributed by atoms with Crippen molar-refractivity contribution in [3.05, 3.63) is 11.8 Å². The maximum Gasteiger partial charge on any atom is 0.332 e. The third-order valence-electron chi connectivity index (χ3n) is 3.26. The Kier molecular flexibility index (Phi) is 8.04. The zero-order valence-electron chi connectivity index (χ0n) is 15.3. The van der Waals surface area contributed by atoms with Gasteiger partial charge < -0.3 is 29.0 Å². The number of carbonyl (C=O) groups excluding carboxylic acids is 4. The Bertz CT molecular complexity index is 586. The molecule has 0 aromatic rings. The molecule has 146 valence electrons. The van der Waals surface area contributed by atoms with Gasteiger partial charge in [-0.05, 0) is 6.92 Å². The van der Waals surface area contributed by atoms with E-state index in [1.165, 1.54) is 34.0 Å². The van der Waals surface area contributed by atoms with Crippen molar-refractivity contribution in [2.75, 3.05) is 13.7 Å². The van der Waals surface area contributed by atoms with Gasteiger partial charge >= 0.3 is 23.9 Å². The van der Waals surface area contributed by atoms with Crippen molar-refractivity contribution in [3.63, 3.8) is 0 Å². The topological polar surface area (TPSA) is 126 Å². The van der Waals surface area contributed by atoms with Crippen molar-refractivity contribution in [2.24, 2.45) is 0 Å². The van der Waals surface area contributed by atoms with Gasteiger partial charge in [0, 0.05) is 32.5 Å². The van der Waals surface area contributed by atoms with E-state index in [1.54, 1.807) is 6.92 Å². The molecule has 1 rings (SSSR count). The summed E-state index contributed by atoms with van der Waals surface area (Å²) in [5.41, 5.74) is 0.367. The SMILES string of the molecule is COC(=O)/C=C(/C)N[C@H]1OC[C@@H](OC(C)=O)[C@@H](OC(C)=O)[C@@H]1OC(C)=O. The molecule has 0 amide bonds. The number of hydrogen-bond acceptors (Lipinski definition) is 10. The number of rotatable bonds is 6. The van der Waals surface area contributed by atoms with Crippen LogP contribution in [0.15, 0.2) is 11.8 Å². The van der Waals surface area contributed by atoms with Gasteiger partial charge in [-0.1, -0.05) is 0 Å². The van der Waals surface area contributed by atoms with E-state index < -0.39 is 48.4 Å². The minimum absolute atomic E-state index is 0.113. The molecule has 0 aliphatic carbocycles. The first-order valence-electron chi connectivity index (χ1n) is 7.80. The predicted molar refractivity (Wildman–Crippen MR) is 85.3 cm³/mol. The van der Waals surface area contributed by atoms with Crippen molar-refractivity contribution in [1.82, 2.24) is 5.32 Å². The van der Waals surface area contributed by atoms with Gasteiger partial charge in [0.05, 0.1) is 13.7 Å². The normalized spacial score (nSPS) is 25.7. The van der Waals surface area contributed by atoms with E-state index in [0.717, 1.165) is 0 Å². The Labute approximate surface area is 150 Å². The molecule has 1 heterocycles. The number of ether oxygens (including phenoxy) is 5. The summed E-state index contributed by atoms with van der Waals surface area (Å²) in [6, 6.07) is 0. The molecule has 4 atom stereocenters. The lowest BCUT2D eigenvalue weighted by atomic mass is 10.0. The highest BCUT2D eigenvalue weighted by molar-refractivity contribution is 5.82. The summed E-state index contributed by atoms with van der Waals surface area (Å²) in [6.07, 6.45) is -2.93. The van der Waals surface area contributed by atoms with Crippen LogP contribution in [0.25, 0.3) is 0 Å². The minimum atomic E-state index is -1.12. The number of carbonyl (C=O) groups is 4. The number of nitrogens with one attached hydrogen (secondary N) is 1. The van der Waals surface area contributed by atoms with Crippen LogP contribution in [0.5, 0.6) is 0 Å². The predicted octanol–water partition coefficient (Wildman–Crippen LogP) is -0.196. The molecule has 1 saturated heterocycles. The Morgan fingerprint density at radius 3 is 1.96 bits per heavy atom. The van der Waals surface area contributed by atoms with Crippen molar-refractivity contribution in [1.29, 1.82) is 0 Å². The lowest BCUT2D eigenvalue weighted by molar-refractivity contribution is -0.228. The minimum Gasteiger partial charge on any atom is -0.466 e. The van der Waals surface area contributed by atoms with Crippen molar-refractivity contribution in [3.8, 4) is 0 Å². The molecule has 0 saturated carbocycles. The highest BCUT2D eigenvalue weighted by Crippen LogP contribution is 2.24. The molecular formula is C16H23NO9. The van der Waals surface area contributed by atoms with Gasteiger partial charge in [-0.3, -0.25) is 14.4 Å². The first-order valence-corrected chi connectivity index (χ1v) is 7.80. The van der Waals surface area contributed by atoms with E-state index in [9.17, 15) is 19.2 Å². The van der Waals surface area contributed by atoms with Crippen LogP contribution in [-0.2, 0) is 42.9 Å². The highest BCUT2D eigenvalue weighted by Gasteiger charge is 2.46. The summed E-state index contributed by atoms with van der Waals surface area (Å²) < 4.78 is 25.6. The monoisotopic (exact) mass is 373 g/mol. The fourth-order valence-corrected chi connectivity index (χ4v) is 2.37. The smallest absolute Gasteiger partial charge is 0.332 e. The first kappa shape index (κ1) is 21.4. The standard InChI is InChI=1S/C16H23NO9/c1-8(6-13(21)22-5)17-16-15(26-11(4)20)14(25-10(3)19)12(7-23-16)24-9(2)18/h6,12,14-17H,7H2,1-5H3/b8-6-/t12-,14-,15+,16+/m1/s1. The molecule has 26 heavy (non-hydrogen) atoms. The summed E-state index contributed by atoms with van der Waals surface area (Å²) in [5, 5.41) is 2.85. The van der Waals surface area contributed by atoms with Crippen LogP contribution in [0.3, 0.4) is 0 Å². The maximum absolute atomic E-state index is 11.5. The molecule has 0 radical (unpaired) electrons. The lowest BCUT2D eigenvalue weighted by Crippen LogP contribution is -2.61. The molecule has 0 unspecified atom stereocenters. The molecule has 1 aliphatic rings. The Hall–Kier alpha value is -2.62. The fourth-order valence-electron chi connectivity index (χ4n) is 2.37. The van der Waals surface area contributed by atoms with Gasteiger partial charge in [0.25, 0.3) is 0 Å². The third-order valence-corrected chi connectivity index (χ3v) is 3.26. The van der Waals surface area contributed by atoms with Gasteiger partial charge in [0.2, 0.25) is 0 Å². The van der Waals surface area contributed by atoms with E-state index in [4.69, 9.17) is 18.9 Å². The molecule has 0 spiro atoms. The second-order valence-electron chi connectivity index (χ2n) is 5.54. The Morgan fingerprint density at radius 2 is 1.46 bits per heavy atom. The van der Waals surface area contributed by atoms with Crippen LogP contribution < -0.4 is 5.32 Å². The molecule has 0 aromatic carbocycles. The Morgan fingerprint density at radius 1 is 0.923 bits per heavy atom. The summed E-state index contributed by atoms with van der Waals surface area (Å²) in [4.78, 5) is 45.5. The zero-order valence-corrected chi connectivity index (χ0v) is 15.3. The Balaban J connectivity index is 3.07. The van der Waals surface area contributed by atoms with E-state index in [1.807, 2.05) is 0 Å². The van der Waals surface area contributed by atoms with Crippen molar-refractivity contribution < 1.29 is 42.9 Å². The second kappa shape index (κ2) is 9.76. The van der Waals surface area contributed by atoms with Gasteiger partial charge in [-0.2, -0.15) is 0 Å². The largest absolute Gasteiger partial charge is 0.466 e. The lowest BCUT2D eigenvalue weighted by Gasteiger charge is -2.41. The van der Waals surface area contributed by atoms with E-state index in [-0.39, 0.29) is 6.61 Å². The maximum atomic E-state index is 11.5. The van der Waals surface area contributed by atoms with Crippen LogP contribution in [0.4, 0.5) is 0 Å². The molecule has 10 nitrogen and oxygen atoms in total. The van der Waals surface area contributed by atoms with Crippen LogP contribution in [-0.4, -0.2) is 62.1 Å². The summed E-state index contributed by atoms with van der Waals surface area (Å²) in [6.45, 7) is 5.01. The number of hydrogen-bond donors (Lipinski definition) is 1. The van der Waals surface area contributed by atoms with Crippen molar-refractivity contribution in [2.45, 2.75) is 52.2 Å². The van der Waals surface area contributed by atoms with Gasteiger partial charge in [-0.25, -0.2) is 4.79 Å².